The zero-order chi connectivity index (χ0) is 12.8. The van der Waals surface area contributed by atoms with Crippen LogP contribution in [0, 0.1) is 0 Å². The Morgan fingerprint density at radius 1 is 1.24 bits per heavy atom. The summed E-state index contributed by atoms with van der Waals surface area (Å²) in [5, 5.41) is 17.4. The van der Waals surface area contributed by atoms with Crippen LogP contribution in [0.3, 0.4) is 0 Å². The van der Waals surface area contributed by atoms with Gasteiger partial charge >= 0.3 is 11.9 Å². The van der Waals surface area contributed by atoms with Crippen LogP contribution in [0.4, 0.5) is 5.69 Å². The van der Waals surface area contributed by atoms with E-state index in [1.165, 1.54) is 4.90 Å². The van der Waals surface area contributed by atoms with Gasteiger partial charge in [-0.2, -0.15) is 0 Å². The van der Waals surface area contributed by atoms with Crippen molar-refractivity contribution in [2.24, 2.45) is 0 Å². The fourth-order valence-corrected chi connectivity index (χ4v) is 1.75. The lowest BCUT2D eigenvalue weighted by Gasteiger charge is -2.22. The van der Waals surface area contributed by atoms with E-state index in [0.29, 0.717) is 5.69 Å². The lowest BCUT2D eigenvalue weighted by Crippen LogP contribution is -2.31. The quantitative estimate of drug-likeness (QED) is 0.838. The number of anilines is 1. The van der Waals surface area contributed by atoms with E-state index in [1.807, 2.05) is 6.07 Å². The molecule has 0 aliphatic rings. The van der Waals surface area contributed by atoms with Crippen molar-refractivity contribution in [3.05, 3.63) is 28.7 Å². The largest absolute Gasteiger partial charge is 0.481 e. The number of carboxylic acids is 2. The standard InChI is InChI=1S/C11H12BrNO4/c12-8-2-1-3-9(6-8)13(7-11(16)17)5-4-10(14)15/h1-3,6H,4-5,7H2,(H,14,15)(H,16,17). The summed E-state index contributed by atoms with van der Waals surface area (Å²) in [5.74, 6) is -1.94. The molecule has 17 heavy (non-hydrogen) atoms. The average Bonchev–Trinajstić information content (AvgIpc) is 2.23. The van der Waals surface area contributed by atoms with Crippen LogP contribution >= 0.6 is 15.9 Å². The van der Waals surface area contributed by atoms with E-state index in [0.717, 1.165) is 4.47 Å². The van der Waals surface area contributed by atoms with Gasteiger partial charge in [-0.3, -0.25) is 9.59 Å². The fourth-order valence-electron chi connectivity index (χ4n) is 1.37. The molecule has 0 aliphatic heterocycles. The van der Waals surface area contributed by atoms with Crippen molar-refractivity contribution in [3.63, 3.8) is 0 Å². The third-order valence-electron chi connectivity index (χ3n) is 2.10. The molecule has 0 fully saturated rings. The summed E-state index contributed by atoms with van der Waals surface area (Å²) in [6.45, 7) is -0.0538. The van der Waals surface area contributed by atoms with Gasteiger partial charge in [-0.05, 0) is 18.2 Å². The van der Waals surface area contributed by atoms with E-state index in [9.17, 15) is 9.59 Å². The van der Waals surface area contributed by atoms with Crippen LogP contribution in [0.25, 0.3) is 0 Å². The molecule has 0 saturated heterocycles. The third kappa shape index (κ3) is 4.86. The highest BCUT2D eigenvalue weighted by Gasteiger charge is 2.12. The molecule has 0 heterocycles. The molecule has 0 aromatic heterocycles. The molecule has 0 radical (unpaired) electrons. The minimum absolute atomic E-state index is 0.0974. The van der Waals surface area contributed by atoms with Crippen LogP contribution < -0.4 is 4.90 Å². The second kappa shape index (κ2) is 6.24. The molecular formula is C11H12BrNO4. The van der Waals surface area contributed by atoms with Crippen LogP contribution in [0.5, 0.6) is 0 Å². The highest BCUT2D eigenvalue weighted by atomic mass is 79.9. The fraction of sp³-hybridized carbons (Fsp3) is 0.273. The smallest absolute Gasteiger partial charge is 0.323 e. The third-order valence-corrected chi connectivity index (χ3v) is 2.59. The maximum atomic E-state index is 10.7. The van der Waals surface area contributed by atoms with Crippen molar-refractivity contribution in [3.8, 4) is 0 Å². The van der Waals surface area contributed by atoms with Gasteiger partial charge in [0.2, 0.25) is 0 Å². The first-order chi connectivity index (χ1) is 7.99. The Bertz CT molecular complexity index is 422. The van der Waals surface area contributed by atoms with Crippen molar-refractivity contribution in [1.82, 2.24) is 0 Å². The molecular weight excluding hydrogens is 290 g/mol. The molecule has 1 aromatic rings. The highest BCUT2D eigenvalue weighted by Crippen LogP contribution is 2.19. The Balaban J connectivity index is 2.81. The number of aliphatic carboxylic acids is 2. The molecule has 2 N–H and O–H groups in total. The van der Waals surface area contributed by atoms with Gasteiger partial charge in [0, 0.05) is 16.7 Å². The van der Waals surface area contributed by atoms with E-state index in [1.54, 1.807) is 18.2 Å². The zero-order valence-electron chi connectivity index (χ0n) is 8.97. The summed E-state index contributed by atoms with van der Waals surface area (Å²) in [6.07, 6.45) is -0.0974. The van der Waals surface area contributed by atoms with Gasteiger partial charge in [-0.1, -0.05) is 22.0 Å². The Labute approximate surface area is 107 Å². The minimum Gasteiger partial charge on any atom is -0.481 e. The van der Waals surface area contributed by atoms with Gasteiger partial charge in [0.05, 0.1) is 6.42 Å². The summed E-state index contributed by atoms with van der Waals surface area (Å²) in [7, 11) is 0. The predicted molar refractivity (Wildman–Crippen MR) is 66.2 cm³/mol. The number of halogens is 1. The van der Waals surface area contributed by atoms with Crippen molar-refractivity contribution >= 4 is 33.6 Å². The SMILES string of the molecule is O=C(O)CCN(CC(=O)O)c1cccc(Br)c1. The molecule has 0 spiro atoms. The molecule has 0 bridgehead atoms. The van der Waals surface area contributed by atoms with Crippen LogP contribution in [0.2, 0.25) is 0 Å². The van der Waals surface area contributed by atoms with Gasteiger partial charge in [0.25, 0.3) is 0 Å². The van der Waals surface area contributed by atoms with Crippen molar-refractivity contribution in [2.45, 2.75) is 6.42 Å². The molecule has 0 aliphatic carbocycles. The number of carbonyl (C=O) groups is 2. The normalized spacial score (nSPS) is 9.94. The number of rotatable bonds is 6. The molecule has 1 aromatic carbocycles. The van der Waals surface area contributed by atoms with Gasteiger partial charge in [0.15, 0.2) is 0 Å². The molecule has 6 heteroatoms. The van der Waals surface area contributed by atoms with Crippen LogP contribution in [0.1, 0.15) is 6.42 Å². The second-order valence-corrected chi connectivity index (χ2v) is 4.35. The van der Waals surface area contributed by atoms with Crippen LogP contribution in [-0.2, 0) is 9.59 Å². The number of nitrogens with zero attached hydrogens (tertiary/aromatic N) is 1. The lowest BCUT2D eigenvalue weighted by atomic mass is 10.2. The molecule has 0 atom stereocenters. The summed E-state index contributed by atoms with van der Waals surface area (Å²) in [4.78, 5) is 22.7. The van der Waals surface area contributed by atoms with Crippen molar-refractivity contribution < 1.29 is 19.8 Å². The molecule has 0 unspecified atom stereocenters. The first-order valence-corrected chi connectivity index (χ1v) is 5.72. The highest BCUT2D eigenvalue weighted by molar-refractivity contribution is 9.10. The van der Waals surface area contributed by atoms with Crippen molar-refractivity contribution in [1.29, 1.82) is 0 Å². The molecule has 0 amide bonds. The number of carboxylic acid groups (broad SMARTS) is 2. The lowest BCUT2D eigenvalue weighted by molar-refractivity contribution is -0.138. The van der Waals surface area contributed by atoms with E-state index >= 15 is 0 Å². The number of benzene rings is 1. The Morgan fingerprint density at radius 2 is 1.94 bits per heavy atom. The molecule has 0 saturated carbocycles. The Hall–Kier alpha value is -1.56. The average molecular weight is 302 g/mol. The van der Waals surface area contributed by atoms with E-state index in [2.05, 4.69) is 15.9 Å². The van der Waals surface area contributed by atoms with Crippen LogP contribution in [0.15, 0.2) is 28.7 Å². The van der Waals surface area contributed by atoms with E-state index < -0.39 is 11.9 Å². The first kappa shape index (κ1) is 13.5. The predicted octanol–water partition coefficient (Wildman–Crippen LogP) is 1.81. The zero-order valence-corrected chi connectivity index (χ0v) is 10.6. The maximum Gasteiger partial charge on any atom is 0.323 e. The Kier molecular flexibility index (Phi) is 4.96. The van der Waals surface area contributed by atoms with Gasteiger partial charge in [0.1, 0.15) is 6.54 Å². The summed E-state index contributed by atoms with van der Waals surface area (Å²) in [5.41, 5.74) is 0.683. The van der Waals surface area contributed by atoms with Crippen molar-refractivity contribution in [2.75, 3.05) is 18.0 Å². The number of hydrogen-bond donors (Lipinski definition) is 2. The van der Waals surface area contributed by atoms with Gasteiger partial charge in [-0.25, -0.2) is 0 Å². The molecule has 5 nitrogen and oxygen atoms in total. The van der Waals surface area contributed by atoms with E-state index in [-0.39, 0.29) is 19.5 Å². The van der Waals surface area contributed by atoms with Gasteiger partial charge < -0.3 is 15.1 Å². The summed E-state index contributed by atoms with van der Waals surface area (Å²) >= 11 is 3.29. The molecule has 1 rings (SSSR count). The second-order valence-electron chi connectivity index (χ2n) is 3.44. The number of hydrogen-bond acceptors (Lipinski definition) is 3. The summed E-state index contributed by atoms with van der Waals surface area (Å²) in [6, 6.07) is 7.09. The monoisotopic (exact) mass is 301 g/mol. The van der Waals surface area contributed by atoms with E-state index in [4.69, 9.17) is 10.2 Å². The maximum absolute atomic E-state index is 10.7. The topological polar surface area (TPSA) is 77.8 Å². The minimum atomic E-state index is -0.990. The molecule has 92 valence electrons. The Morgan fingerprint density at radius 3 is 2.47 bits per heavy atom. The first-order valence-electron chi connectivity index (χ1n) is 4.93. The van der Waals surface area contributed by atoms with Crippen LogP contribution in [-0.4, -0.2) is 35.2 Å². The van der Waals surface area contributed by atoms with Gasteiger partial charge in [-0.15, -0.1) is 0 Å². The summed E-state index contributed by atoms with van der Waals surface area (Å²) < 4.78 is 0.820.